The normalized spacial score (nSPS) is 12.0. The van der Waals surface area contributed by atoms with E-state index in [1.807, 2.05) is 121 Å². The molecule has 123 heavy (non-hydrogen) atoms. The first kappa shape index (κ1) is 93.3. The van der Waals surface area contributed by atoms with Crippen molar-refractivity contribution in [1.29, 1.82) is 0 Å². The quantitative estimate of drug-likeness (QED) is 0.107. The summed E-state index contributed by atoms with van der Waals surface area (Å²) in [4.78, 5) is 28.5. The van der Waals surface area contributed by atoms with E-state index in [-0.39, 0.29) is 60.3 Å². The minimum atomic E-state index is 0. The molecule has 14 heteroatoms. The number of hydrogen-bond donors (Lipinski definition) is 0. The number of para-hydroxylation sites is 3. The number of hydrogen-bond acceptors (Lipinski definition) is 6. The molecule has 8 heterocycles. The number of aromatic nitrogens is 11. The largest absolute Gasteiger partial charge is 0.344 e. The van der Waals surface area contributed by atoms with Crippen LogP contribution in [0.1, 0.15) is 228 Å². The molecule has 19 rings (SSSR count). The summed E-state index contributed by atoms with van der Waals surface area (Å²) >= 11 is 0. The van der Waals surface area contributed by atoms with Crippen LogP contribution in [0.2, 0.25) is 0 Å². The Hall–Kier alpha value is -10.4. The minimum absolute atomic E-state index is 0. The fourth-order valence-corrected chi connectivity index (χ4v) is 16.7. The number of fused-ring (bicyclic) bond motifs is 10. The molecule has 0 saturated heterocycles. The molecular formula is C109H113Ir3N11-6. The van der Waals surface area contributed by atoms with Gasteiger partial charge in [-0.1, -0.05) is 162 Å². The molecule has 0 saturated carbocycles. The van der Waals surface area contributed by atoms with Crippen molar-refractivity contribution in [2.75, 3.05) is 0 Å². The van der Waals surface area contributed by atoms with Gasteiger partial charge in [-0.05, 0) is 180 Å². The van der Waals surface area contributed by atoms with E-state index in [2.05, 4.69) is 298 Å². The molecule has 2 aliphatic carbocycles. The smallest absolute Gasteiger partial charge is 0.0609 e. The molecule has 637 valence electrons. The molecule has 0 aliphatic heterocycles. The molecule has 0 amide bonds. The van der Waals surface area contributed by atoms with Crippen molar-refractivity contribution < 1.29 is 60.3 Å². The van der Waals surface area contributed by atoms with Crippen LogP contribution in [0.15, 0.2) is 237 Å². The SMILES string of the molecule is Cc1nc(-c2[c-]cccc2)n(-c2c(C(C)C)cccc2C(C)C)c1C.Cc1nc(-c2[c-]cccc2)n(-c2c(C(C)C)cccc2C(C)C)c1C.Cc1nc(-c2[c-]cccc2)n(-c2c(C(C)C)cccc2C(C)C)c1C.[Ir].[Ir].[Ir].[c-]1cccc2ccn3c4c(nc3c12)CCC4.[c-]1cccc2ccn3c4c(nc3c12)CCCC4.[c-]1ccccc1-c1ccccn1. The van der Waals surface area contributed by atoms with Crippen molar-refractivity contribution in [1.82, 2.24) is 52.4 Å². The first-order valence-corrected chi connectivity index (χ1v) is 43.0. The van der Waals surface area contributed by atoms with Gasteiger partial charge >= 0.3 is 0 Å². The molecule has 17 aromatic rings. The first-order valence-electron chi connectivity index (χ1n) is 43.0. The number of rotatable bonds is 13. The van der Waals surface area contributed by atoms with Crippen LogP contribution in [-0.2, 0) is 86.0 Å². The Morgan fingerprint density at radius 3 is 0.919 bits per heavy atom. The third kappa shape index (κ3) is 20.4. The second kappa shape index (κ2) is 42.3. The van der Waals surface area contributed by atoms with Crippen molar-refractivity contribution in [2.24, 2.45) is 0 Å². The van der Waals surface area contributed by atoms with E-state index in [9.17, 15) is 0 Å². The number of benzene rings is 9. The van der Waals surface area contributed by atoms with Gasteiger partial charge in [0.25, 0.3) is 0 Å². The number of aryl methyl sites for hydroxylation is 7. The predicted molar refractivity (Wildman–Crippen MR) is 497 cm³/mol. The summed E-state index contributed by atoms with van der Waals surface area (Å²) in [7, 11) is 0. The minimum Gasteiger partial charge on any atom is -0.344 e. The predicted octanol–water partition coefficient (Wildman–Crippen LogP) is 27.1. The van der Waals surface area contributed by atoms with Gasteiger partial charge < -0.3 is 27.5 Å². The third-order valence-electron chi connectivity index (χ3n) is 23.4. The first-order chi connectivity index (χ1) is 58.1. The van der Waals surface area contributed by atoms with Gasteiger partial charge in [-0.3, -0.25) is 24.9 Å². The molecule has 0 N–H and O–H groups in total. The van der Waals surface area contributed by atoms with E-state index < -0.39 is 0 Å². The van der Waals surface area contributed by atoms with Gasteiger partial charge in [-0.25, -0.2) is 0 Å². The van der Waals surface area contributed by atoms with Gasteiger partial charge in [0.2, 0.25) is 0 Å². The van der Waals surface area contributed by atoms with Crippen LogP contribution >= 0.6 is 0 Å². The van der Waals surface area contributed by atoms with E-state index in [1.165, 1.54) is 120 Å². The average Bonchev–Trinajstić information content (AvgIpc) is 1.65. The number of nitrogens with zero attached hydrogens (tertiary/aromatic N) is 11. The Kier molecular flexibility index (Phi) is 32.1. The van der Waals surface area contributed by atoms with Crippen LogP contribution in [0.4, 0.5) is 0 Å². The molecule has 11 nitrogen and oxygen atoms in total. The zero-order valence-electron chi connectivity index (χ0n) is 74.3. The van der Waals surface area contributed by atoms with E-state index in [0.717, 1.165) is 110 Å². The van der Waals surface area contributed by atoms with E-state index in [4.69, 9.17) is 24.9 Å². The van der Waals surface area contributed by atoms with Gasteiger partial charge in [-0.15, -0.1) is 214 Å². The van der Waals surface area contributed by atoms with Gasteiger partial charge in [0.1, 0.15) is 0 Å². The summed E-state index contributed by atoms with van der Waals surface area (Å²) in [5, 5.41) is 4.73. The third-order valence-corrected chi connectivity index (χ3v) is 23.4. The maximum absolute atomic E-state index is 4.89. The van der Waals surface area contributed by atoms with Crippen LogP contribution in [0.5, 0.6) is 0 Å². The van der Waals surface area contributed by atoms with E-state index >= 15 is 0 Å². The van der Waals surface area contributed by atoms with E-state index in [0.29, 0.717) is 35.5 Å². The van der Waals surface area contributed by atoms with Crippen LogP contribution < -0.4 is 0 Å². The van der Waals surface area contributed by atoms with Gasteiger partial charge in [0.05, 0.1) is 40.2 Å². The zero-order chi connectivity index (χ0) is 84.4. The second-order valence-corrected chi connectivity index (χ2v) is 33.5. The van der Waals surface area contributed by atoms with Gasteiger partial charge in [0, 0.05) is 129 Å². The topological polar surface area (TPSA) is 101 Å². The van der Waals surface area contributed by atoms with Crippen LogP contribution in [0, 0.1) is 77.9 Å². The van der Waals surface area contributed by atoms with Crippen LogP contribution in [0.3, 0.4) is 0 Å². The maximum Gasteiger partial charge on any atom is 0.0609 e. The van der Waals surface area contributed by atoms with Crippen molar-refractivity contribution in [3.63, 3.8) is 0 Å². The Labute approximate surface area is 770 Å². The Bertz CT molecular complexity index is 5880. The molecule has 0 unspecified atom stereocenters. The summed E-state index contributed by atoms with van der Waals surface area (Å²) < 4.78 is 11.5. The van der Waals surface area contributed by atoms with Gasteiger partial charge in [-0.2, -0.15) is 0 Å². The molecule has 0 atom stereocenters. The Morgan fingerprint density at radius 1 is 0.293 bits per heavy atom. The zero-order valence-corrected chi connectivity index (χ0v) is 81.5. The van der Waals surface area contributed by atoms with Crippen molar-refractivity contribution in [3.8, 4) is 62.5 Å². The maximum atomic E-state index is 4.89. The molecular weight excluding hydrogens is 2040 g/mol. The fourth-order valence-electron chi connectivity index (χ4n) is 16.7. The van der Waals surface area contributed by atoms with Gasteiger partial charge in [0.15, 0.2) is 0 Å². The Balaban J connectivity index is 0.000000145. The molecule has 2 aliphatic rings. The summed E-state index contributed by atoms with van der Waals surface area (Å²) in [5.41, 5.74) is 31.5. The summed E-state index contributed by atoms with van der Waals surface area (Å²) in [6.07, 6.45) is 14.5. The molecule has 3 radical (unpaired) electrons. The van der Waals surface area contributed by atoms with Crippen LogP contribution in [-0.4, -0.2) is 52.4 Å². The van der Waals surface area contributed by atoms with Crippen LogP contribution in [0.25, 0.3) is 95.3 Å². The summed E-state index contributed by atoms with van der Waals surface area (Å²) in [5.74, 6) is 5.62. The Morgan fingerprint density at radius 2 is 0.602 bits per heavy atom. The summed E-state index contributed by atoms with van der Waals surface area (Å²) in [6, 6.07) is 94.3. The van der Waals surface area contributed by atoms with Crippen molar-refractivity contribution in [2.45, 2.75) is 205 Å². The average molecular weight is 2150 g/mol. The van der Waals surface area contributed by atoms with Crippen molar-refractivity contribution >= 4 is 32.8 Å². The fraction of sp³-hybridized carbons (Fsp3) is 0.284. The summed E-state index contributed by atoms with van der Waals surface area (Å²) in [6.45, 7) is 39.9. The molecule has 0 fully saturated rings. The number of pyridine rings is 3. The monoisotopic (exact) mass is 2150 g/mol. The molecule has 0 bridgehead atoms. The van der Waals surface area contributed by atoms with E-state index in [1.54, 1.807) is 6.20 Å². The number of imidazole rings is 5. The molecule has 8 aromatic heterocycles. The molecule has 0 spiro atoms. The molecule has 9 aromatic carbocycles. The van der Waals surface area contributed by atoms with Crippen molar-refractivity contribution in [3.05, 3.63) is 364 Å². The standard InChI is InChI=1S/3C23H27N2.C15H13N2.C14H11N2.C11H8N.3Ir/c3*1-15(2)20-13-10-14-21(16(3)4)22(20)25-18(6)17(5)24-23(25)19-11-8-7-9-12-19;1-2-6-12-11(5-1)9-10-17-14-8-4-3-7-13(14)16-15(12)17;1-2-5-11-10(4-1)8-9-16-13-7-3-6-12(13)15-14(11)16;1-2-6-10(7-3-1)11-8-4-5-9-12-11;;;/h3*7-11,13-16H,1-6H3;1-2,5,9-10H,3-4,7-8H2;1-2,4,8-9H,3,6-7H2;1-6,8-9H;;;/q6*-1;;;. The second-order valence-electron chi connectivity index (χ2n) is 33.5.